The molecule has 2 aromatic rings. The number of rotatable bonds is 5. The van der Waals surface area contributed by atoms with Gasteiger partial charge in [0.2, 0.25) is 5.91 Å². The van der Waals surface area contributed by atoms with E-state index < -0.39 is 0 Å². The Morgan fingerprint density at radius 2 is 2.25 bits per heavy atom. The minimum absolute atomic E-state index is 0.0239. The van der Waals surface area contributed by atoms with Gasteiger partial charge in [-0.25, -0.2) is 4.98 Å². The van der Waals surface area contributed by atoms with E-state index in [0.717, 1.165) is 63.0 Å². The van der Waals surface area contributed by atoms with E-state index in [0.29, 0.717) is 18.8 Å². The minimum Gasteiger partial charge on any atom is -0.333 e. The number of H-pyrrole nitrogens is 1. The molecule has 0 spiro atoms. The van der Waals surface area contributed by atoms with Crippen molar-refractivity contribution in [3.63, 3.8) is 0 Å². The first kappa shape index (κ1) is 19.3. The van der Waals surface area contributed by atoms with Gasteiger partial charge in [0.15, 0.2) is 0 Å². The first-order valence-corrected chi connectivity index (χ1v) is 11.2. The van der Waals surface area contributed by atoms with Crippen LogP contribution in [0.5, 0.6) is 0 Å². The summed E-state index contributed by atoms with van der Waals surface area (Å²) < 4.78 is 0. The number of nitrogens with one attached hydrogen (secondary N) is 1. The van der Waals surface area contributed by atoms with Crippen molar-refractivity contribution in [2.45, 2.75) is 64.6 Å². The standard InChI is InChI=1S/C21H28N4O2S/c1-2-6-19(26)25-10-4-3-8-18(25)20-22-17-14-24(13-15-7-5-12-28-15)11-9-16(17)21(27)23-20/h5,7,12,18H,2-4,6,8-11,13-14H2,1H3,(H,22,23,27). The second-order valence-corrected chi connectivity index (χ2v) is 8.80. The third-order valence-electron chi connectivity index (χ3n) is 5.73. The van der Waals surface area contributed by atoms with Gasteiger partial charge in [-0.2, -0.15) is 0 Å². The van der Waals surface area contributed by atoms with E-state index >= 15 is 0 Å². The number of fused-ring (bicyclic) bond motifs is 1. The number of piperidine rings is 1. The molecule has 150 valence electrons. The molecule has 2 aliphatic rings. The van der Waals surface area contributed by atoms with E-state index in [9.17, 15) is 9.59 Å². The van der Waals surface area contributed by atoms with Crippen molar-refractivity contribution < 1.29 is 4.79 Å². The molecule has 0 aromatic carbocycles. The second kappa shape index (κ2) is 8.57. The number of hydrogen-bond donors (Lipinski definition) is 1. The lowest BCUT2D eigenvalue weighted by Crippen LogP contribution is -2.41. The Balaban J connectivity index is 1.58. The van der Waals surface area contributed by atoms with Gasteiger partial charge in [0.05, 0.1) is 11.7 Å². The van der Waals surface area contributed by atoms with Crippen LogP contribution in [0, 0.1) is 0 Å². The Bertz CT molecular complexity index is 877. The number of likely N-dealkylation sites (tertiary alicyclic amines) is 1. The number of aromatic nitrogens is 2. The number of aromatic amines is 1. The third-order valence-corrected chi connectivity index (χ3v) is 6.59. The van der Waals surface area contributed by atoms with Crippen molar-refractivity contribution in [3.05, 3.63) is 49.8 Å². The SMILES string of the molecule is CCCC(=O)N1CCCCC1c1nc2c(c(=O)[nH]1)CCN(Cc1cccs1)C2. The fourth-order valence-electron chi connectivity index (χ4n) is 4.30. The zero-order chi connectivity index (χ0) is 19.5. The normalized spacial score (nSPS) is 20.2. The van der Waals surface area contributed by atoms with Crippen LogP contribution in [0.4, 0.5) is 0 Å². The van der Waals surface area contributed by atoms with Gasteiger partial charge in [-0.3, -0.25) is 14.5 Å². The summed E-state index contributed by atoms with van der Waals surface area (Å²) in [4.78, 5) is 38.8. The molecule has 1 N–H and O–H groups in total. The Labute approximate surface area is 169 Å². The van der Waals surface area contributed by atoms with Crippen molar-refractivity contribution in [1.29, 1.82) is 0 Å². The van der Waals surface area contributed by atoms with Crippen molar-refractivity contribution in [2.75, 3.05) is 13.1 Å². The second-order valence-electron chi connectivity index (χ2n) is 7.77. The molecule has 0 aliphatic carbocycles. The van der Waals surface area contributed by atoms with Gasteiger partial charge < -0.3 is 9.88 Å². The molecule has 6 nitrogen and oxygen atoms in total. The van der Waals surface area contributed by atoms with E-state index in [2.05, 4.69) is 27.4 Å². The zero-order valence-corrected chi connectivity index (χ0v) is 17.3. The summed E-state index contributed by atoms with van der Waals surface area (Å²) in [5.74, 6) is 0.845. The summed E-state index contributed by atoms with van der Waals surface area (Å²) in [7, 11) is 0. The lowest BCUT2D eigenvalue weighted by Gasteiger charge is -2.36. The molecule has 0 saturated carbocycles. The fourth-order valence-corrected chi connectivity index (χ4v) is 5.05. The number of carbonyl (C=O) groups excluding carboxylic acids is 1. The topological polar surface area (TPSA) is 69.3 Å². The molecule has 28 heavy (non-hydrogen) atoms. The summed E-state index contributed by atoms with van der Waals surface area (Å²) in [6.07, 6.45) is 5.08. The summed E-state index contributed by atoms with van der Waals surface area (Å²) in [5, 5.41) is 2.10. The van der Waals surface area contributed by atoms with Crippen molar-refractivity contribution in [1.82, 2.24) is 19.8 Å². The monoisotopic (exact) mass is 400 g/mol. The summed E-state index contributed by atoms with van der Waals surface area (Å²) in [6, 6.07) is 4.12. The Kier molecular flexibility index (Phi) is 5.92. The maximum atomic E-state index is 12.7. The highest BCUT2D eigenvalue weighted by atomic mass is 32.1. The van der Waals surface area contributed by atoms with Gasteiger partial charge in [0.1, 0.15) is 5.82 Å². The van der Waals surface area contributed by atoms with E-state index in [-0.39, 0.29) is 17.5 Å². The molecule has 2 aliphatic heterocycles. The van der Waals surface area contributed by atoms with Crippen LogP contribution in [0.2, 0.25) is 0 Å². The number of nitrogens with zero attached hydrogens (tertiary/aromatic N) is 3. The molecule has 0 radical (unpaired) electrons. The maximum absolute atomic E-state index is 12.7. The predicted octanol–water partition coefficient (Wildman–Crippen LogP) is 3.24. The minimum atomic E-state index is -0.0986. The summed E-state index contributed by atoms with van der Waals surface area (Å²) in [5.41, 5.74) is 1.67. The van der Waals surface area contributed by atoms with E-state index in [1.165, 1.54) is 4.88 Å². The molecule has 4 heterocycles. The van der Waals surface area contributed by atoms with Gasteiger partial charge in [-0.05, 0) is 43.6 Å². The van der Waals surface area contributed by atoms with Crippen molar-refractivity contribution in [2.24, 2.45) is 0 Å². The average Bonchev–Trinajstić information content (AvgIpc) is 3.21. The van der Waals surface area contributed by atoms with Crippen LogP contribution >= 0.6 is 11.3 Å². The smallest absolute Gasteiger partial charge is 0.254 e. The van der Waals surface area contributed by atoms with Crippen LogP contribution in [0.3, 0.4) is 0 Å². The van der Waals surface area contributed by atoms with Gasteiger partial charge >= 0.3 is 0 Å². The first-order chi connectivity index (χ1) is 13.7. The lowest BCUT2D eigenvalue weighted by molar-refractivity contribution is -0.135. The first-order valence-electron chi connectivity index (χ1n) is 10.3. The molecule has 1 saturated heterocycles. The molecule has 4 rings (SSSR count). The average molecular weight is 401 g/mol. The highest BCUT2D eigenvalue weighted by molar-refractivity contribution is 7.09. The van der Waals surface area contributed by atoms with Crippen LogP contribution in [-0.4, -0.2) is 38.8 Å². The molecule has 1 amide bonds. The van der Waals surface area contributed by atoms with Crippen molar-refractivity contribution in [3.8, 4) is 0 Å². The van der Waals surface area contributed by atoms with Crippen LogP contribution in [-0.2, 0) is 24.3 Å². The fraction of sp³-hybridized carbons (Fsp3) is 0.571. The molecule has 2 aromatic heterocycles. The van der Waals surface area contributed by atoms with Gasteiger partial charge in [-0.1, -0.05) is 13.0 Å². The van der Waals surface area contributed by atoms with Crippen LogP contribution in [0.15, 0.2) is 22.3 Å². The molecule has 1 unspecified atom stereocenters. The third kappa shape index (κ3) is 4.05. The zero-order valence-electron chi connectivity index (χ0n) is 16.4. The van der Waals surface area contributed by atoms with E-state index in [1.54, 1.807) is 11.3 Å². The van der Waals surface area contributed by atoms with Crippen LogP contribution < -0.4 is 5.56 Å². The van der Waals surface area contributed by atoms with Crippen molar-refractivity contribution >= 4 is 17.2 Å². The molecule has 0 bridgehead atoms. The number of hydrogen-bond acceptors (Lipinski definition) is 5. The van der Waals surface area contributed by atoms with Gasteiger partial charge in [-0.15, -0.1) is 11.3 Å². The van der Waals surface area contributed by atoms with Crippen LogP contribution in [0.1, 0.15) is 67.0 Å². The number of amides is 1. The molecular weight excluding hydrogens is 372 g/mol. The number of thiophene rings is 1. The summed E-state index contributed by atoms with van der Waals surface area (Å²) >= 11 is 1.76. The van der Waals surface area contributed by atoms with E-state index in [4.69, 9.17) is 4.98 Å². The molecule has 7 heteroatoms. The molecular formula is C21H28N4O2S. The Morgan fingerprint density at radius 1 is 1.36 bits per heavy atom. The quantitative estimate of drug-likeness (QED) is 0.837. The highest BCUT2D eigenvalue weighted by Gasteiger charge is 2.31. The van der Waals surface area contributed by atoms with Crippen LogP contribution in [0.25, 0.3) is 0 Å². The summed E-state index contributed by atoms with van der Waals surface area (Å²) in [6.45, 7) is 5.25. The maximum Gasteiger partial charge on any atom is 0.254 e. The van der Waals surface area contributed by atoms with Gasteiger partial charge in [0.25, 0.3) is 5.56 Å². The number of carbonyl (C=O) groups is 1. The predicted molar refractivity (Wildman–Crippen MR) is 110 cm³/mol. The largest absolute Gasteiger partial charge is 0.333 e. The Hall–Kier alpha value is -1.99. The van der Waals surface area contributed by atoms with Gasteiger partial charge in [0, 0.05) is 43.0 Å². The molecule has 1 fully saturated rings. The molecule has 1 atom stereocenters. The van der Waals surface area contributed by atoms with E-state index in [1.807, 2.05) is 11.8 Å². The lowest BCUT2D eigenvalue weighted by atomic mass is 9.99. The Morgan fingerprint density at radius 3 is 3.04 bits per heavy atom. The highest BCUT2D eigenvalue weighted by Crippen LogP contribution is 2.30.